The topological polar surface area (TPSA) is 129 Å². The summed E-state index contributed by atoms with van der Waals surface area (Å²) in [7, 11) is 0. The standard InChI is InChI=1S/C34H37N4O4S2.Fe/c1-15-21(7-9-31(39)40)27-14-28-22(8-10-32(41)42)16(2)24(36-28)12-29-34(20(6)44)18(4)26(38-29)13-30-33(19(5)43)17(3)25(37-30)11-23(15)35-27;/h11-14,19-20H,6-10H2,1-5H3,(H6,35,36,37,38,39,40,41,42,43,44);/q-1;+2/p-2/t19-,20-;/m0./s1. The fourth-order valence-electron chi connectivity index (χ4n) is 6.05. The number of aromatic nitrogens is 4. The fraction of sp³-hybridized carbons (Fsp3) is 0.324. The number of rotatable bonds is 8. The van der Waals surface area contributed by atoms with Gasteiger partial charge in [-0.1, -0.05) is 46.5 Å². The van der Waals surface area contributed by atoms with E-state index >= 15 is 0 Å². The first-order chi connectivity index (χ1) is 20.8. The van der Waals surface area contributed by atoms with E-state index in [0.29, 0.717) is 27.9 Å². The average Bonchev–Trinajstić information content (AvgIpc) is 3.59. The molecule has 3 aromatic heterocycles. The van der Waals surface area contributed by atoms with E-state index in [2.05, 4.69) is 19.6 Å². The second-order valence-electron chi connectivity index (χ2n) is 11.4. The number of carboxylic acid groups (broad SMARTS) is 2. The van der Waals surface area contributed by atoms with E-state index in [1.807, 2.05) is 58.9 Å². The summed E-state index contributed by atoms with van der Waals surface area (Å²) in [6.07, 6.45) is 0.460. The molecule has 0 aliphatic carbocycles. The van der Waals surface area contributed by atoms with Crippen LogP contribution < -0.4 is 9.97 Å². The molecule has 0 spiro atoms. The molecule has 5 heterocycles. The van der Waals surface area contributed by atoms with E-state index in [4.69, 9.17) is 32.6 Å². The number of aliphatic carboxylic acids is 2. The zero-order valence-corrected chi connectivity index (χ0v) is 28.6. The molecule has 0 saturated carbocycles. The summed E-state index contributed by atoms with van der Waals surface area (Å²) in [6, 6.07) is 7.66. The number of hydrogen-bond donors (Lipinski definition) is 4. The Balaban J connectivity index is 0.00000461. The van der Waals surface area contributed by atoms with Gasteiger partial charge in [0.15, 0.2) is 0 Å². The first-order valence-corrected chi connectivity index (χ1v) is 15.5. The molecule has 0 amide bonds. The van der Waals surface area contributed by atoms with Gasteiger partial charge in [-0.25, -0.2) is 22.6 Å². The van der Waals surface area contributed by atoms with E-state index in [1.165, 1.54) is 0 Å². The number of thiol groups is 2. The van der Waals surface area contributed by atoms with Gasteiger partial charge in [-0.2, -0.15) is 12.6 Å². The van der Waals surface area contributed by atoms with Crippen molar-refractivity contribution >= 4 is 81.6 Å². The first kappa shape index (κ1) is 34.6. The third kappa shape index (κ3) is 6.82. The van der Waals surface area contributed by atoms with Gasteiger partial charge in [0, 0.05) is 18.1 Å². The van der Waals surface area contributed by atoms with Gasteiger partial charge >= 0.3 is 29.0 Å². The maximum Gasteiger partial charge on any atom is 2.00 e. The van der Waals surface area contributed by atoms with Crippen molar-refractivity contribution in [2.45, 2.75) is 70.8 Å². The zero-order chi connectivity index (χ0) is 32.0. The first-order valence-electron chi connectivity index (χ1n) is 14.4. The van der Waals surface area contributed by atoms with Crippen LogP contribution in [0.2, 0.25) is 0 Å². The molecule has 2 aliphatic heterocycles. The molecule has 3 aromatic rings. The predicted octanol–water partition coefficient (Wildman–Crippen LogP) is 7.05. The van der Waals surface area contributed by atoms with Crippen LogP contribution in [-0.2, 0) is 33.1 Å². The van der Waals surface area contributed by atoms with E-state index in [9.17, 15) is 19.8 Å². The Morgan fingerprint density at radius 2 is 1.29 bits per heavy atom. The Bertz CT molecular complexity index is 1940. The third-order valence-electron chi connectivity index (χ3n) is 8.41. The molecule has 2 N–H and O–H groups in total. The molecule has 11 heteroatoms. The maximum absolute atomic E-state index is 11.6. The summed E-state index contributed by atoms with van der Waals surface area (Å²) in [5, 5.41) is 18.5. The monoisotopic (exact) mass is 683 g/mol. The number of hydrogen-bond acceptors (Lipinski definition) is 6. The molecule has 0 unspecified atom stereocenters. The van der Waals surface area contributed by atoms with Crippen LogP contribution in [0.15, 0.2) is 24.3 Å². The van der Waals surface area contributed by atoms with Gasteiger partial charge in [-0.15, -0.1) is 27.3 Å². The SMILES string of the molecule is [CH2-][C@H](S)c1c(C)c2cc3nc(cc4[n-]c(cc5nc(cc1[n-]2)C(C)=C5CCC(=O)O)c(CCC(=O)O)c4C)C(C)=C3[C@H](C)S.[Fe+2]. The Hall–Kier alpha value is -3.24. The summed E-state index contributed by atoms with van der Waals surface area (Å²) < 4.78 is 0. The minimum absolute atomic E-state index is 0. The zero-order valence-electron chi connectivity index (χ0n) is 25.7. The second-order valence-corrected chi connectivity index (χ2v) is 12.8. The molecule has 2 atom stereocenters. The normalized spacial score (nSPS) is 14.4. The van der Waals surface area contributed by atoms with Crippen LogP contribution in [0.5, 0.6) is 0 Å². The molecule has 0 aromatic carbocycles. The number of allylic oxidation sites excluding steroid dienone is 3. The molecule has 8 bridgehead atoms. The largest absolute Gasteiger partial charge is 2.00 e. The minimum atomic E-state index is -0.904. The summed E-state index contributed by atoms with van der Waals surface area (Å²) in [5.41, 5.74) is 12.7. The van der Waals surface area contributed by atoms with Crippen LogP contribution in [-0.4, -0.2) is 37.4 Å². The van der Waals surface area contributed by atoms with Crippen LogP contribution in [0.25, 0.3) is 44.4 Å². The molecule has 8 nitrogen and oxygen atoms in total. The molecule has 5 rings (SSSR count). The van der Waals surface area contributed by atoms with Gasteiger partial charge in [-0.05, 0) is 69.8 Å². The Morgan fingerprint density at radius 3 is 1.91 bits per heavy atom. The number of fused-ring (bicyclic) bond motifs is 8. The van der Waals surface area contributed by atoms with Crippen molar-refractivity contribution in [3.05, 3.63) is 76.2 Å². The van der Waals surface area contributed by atoms with Crippen LogP contribution in [0.1, 0.15) is 90.3 Å². The summed E-state index contributed by atoms with van der Waals surface area (Å²) in [5.74, 6) is -1.80. The number of nitrogens with zero attached hydrogens (tertiary/aromatic N) is 4. The Kier molecular flexibility index (Phi) is 10.5. The van der Waals surface area contributed by atoms with Crippen molar-refractivity contribution in [2.75, 3.05) is 0 Å². The van der Waals surface area contributed by atoms with Gasteiger partial charge in [-0.3, -0.25) is 9.59 Å². The average molecular weight is 684 g/mol. The quantitative estimate of drug-likeness (QED) is 0.113. The van der Waals surface area contributed by atoms with Crippen molar-refractivity contribution in [2.24, 2.45) is 0 Å². The molecule has 45 heavy (non-hydrogen) atoms. The number of aryl methyl sites for hydroxylation is 3. The fourth-order valence-corrected chi connectivity index (χ4v) is 6.70. The molecule has 0 fully saturated rings. The van der Waals surface area contributed by atoms with Gasteiger partial charge in [0.05, 0.1) is 22.8 Å². The predicted molar refractivity (Wildman–Crippen MR) is 182 cm³/mol. The summed E-state index contributed by atoms with van der Waals surface area (Å²) in [6.45, 7) is 14.1. The van der Waals surface area contributed by atoms with Gasteiger partial charge in [0.1, 0.15) is 0 Å². The Morgan fingerprint density at radius 1 is 0.778 bits per heavy atom. The van der Waals surface area contributed by atoms with E-state index < -0.39 is 11.9 Å². The molecular weight excluding hydrogens is 648 g/mol. The molecule has 236 valence electrons. The van der Waals surface area contributed by atoms with Gasteiger partial charge < -0.3 is 27.1 Å². The van der Waals surface area contributed by atoms with Crippen molar-refractivity contribution in [1.29, 1.82) is 0 Å². The van der Waals surface area contributed by atoms with Gasteiger partial charge in [0.2, 0.25) is 0 Å². The van der Waals surface area contributed by atoms with Crippen LogP contribution >= 0.6 is 25.3 Å². The maximum atomic E-state index is 11.6. The van der Waals surface area contributed by atoms with Crippen LogP contribution in [0.3, 0.4) is 0 Å². The molecule has 0 radical (unpaired) electrons. The van der Waals surface area contributed by atoms with Crippen LogP contribution in [0, 0.1) is 20.8 Å². The minimum Gasteiger partial charge on any atom is -0.657 e. The van der Waals surface area contributed by atoms with Crippen molar-refractivity contribution < 1.29 is 36.9 Å². The summed E-state index contributed by atoms with van der Waals surface area (Å²) in [4.78, 5) is 43.1. The van der Waals surface area contributed by atoms with E-state index in [0.717, 1.165) is 61.5 Å². The molecular formula is C34H35FeN4O4S2-. The second kappa shape index (κ2) is 13.6. The number of carbonyl (C=O) groups is 2. The summed E-state index contributed by atoms with van der Waals surface area (Å²) >= 11 is 9.46. The van der Waals surface area contributed by atoms with Crippen molar-refractivity contribution in [3.8, 4) is 0 Å². The van der Waals surface area contributed by atoms with Crippen molar-refractivity contribution in [1.82, 2.24) is 19.9 Å². The molecule has 2 aliphatic rings. The van der Waals surface area contributed by atoms with E-state index in [-0.39, 0.29) is 53.3 Å². The number of carboxylic acids is 2. The van der Waals surface area contributed by atoms with Crippen molar-refractivity contribution in [3.63, 3.8) is 0 Å². The van der Waals surface area contributed by atoms with Crippen LogP contribution in [0.4, 0.5) is 0 Å². The third-order valence-corrected chi connectivity index (χ3v) is 8.92. The van der Waals surface area contributed by atoms with Gasteiger partial charge in [0.25, 0.3) is 0 Å². The molecule has 0 saturated heterocycles. The van der Waals surface area contributed by atoms with E-state index in [1.54, 1.807) is 0 Å². The Labute approximate surface area is 284 Å². The smallest absolute Gasteiger partial charge is 0.657 e.